The van der Waals surface area contributed by atoms with E-state index >= 15 is 0 Å². The third-order valence-electron chi connectivity index (χ3n) is 4.43. The highest BCUT2D eigenvalue weighted by Gasteiger charge is 2.05. The van der Waals surface area contributed by atoms with E-state index in [2.05, 4.69) is 51.8 Å². The molecule has 0 radical (unpaired) electrons. The zero-order valence-electron chi connectivity index (χ0n) is 16.5. The molecule has 0 aliphatic heterocycles. The number of hydrogen-bond donors (Lipinski definition) is 2. The van der Waals surface area contributed by atoms with Crippen molar-refractivity contribution in [1.82, 2.24) is 9.97 Å². The Morgan fingerprint density at radius 2 is 1.46 bits per heavy atom. The molecule has 2 aromatic carbocycles. The zero-order chi connectivity index (χ0) is 19.8. The lowest BCUT2D eigenvalue weighted by Crippen LogP contribution is -2.08. The second-order valence-corrected chi connectivity index (χ2v) is 6.49. The third kappa shape index (κ3) is 5.36. The summed E-state index contributed by atoms with van der Waals surface area (Å²) in [5.74, 6) is 3.06. The van der Waals surface area contributed by atoms with Crippen molar-refractivity contribution in [3.63, 3.8) is 0 Å². The highest BCUT2D eigenvalue weighted by atomic mass is 16.5. The van der Waals surface area contributed by atoms with Gasteiger partial charge in [0.25, 0.3) is 0 Å². The second kappa shape index (κ2) is 9.60. The molecule has 28 heavy (non-hydrogen) atoms. The average molecular weight is 378 g/mol. The molecule has 3 rings (SSSR count). The smallest absolute Gasteiger partial charge is 0.160 e. The van der Waals surface area contributed by atoms with Crippen molar-refractivity contribution in [2.45, 2.75) is 19.9 Å². The lowest BCUT2D eigenvalue weighted by Gasteiger charge is -2.11. The maximum Gasteiger partial charge on any atom is 0.160 e. The van der Waals surface area contributed by atoms with Gasteiger partial charge in [-0.15, -0.1) is 0 Å². The quantitative estimate of drug-likeness (QED) is 0.585. The van der Waals surface area contributed by atoms with Crippen LogP contribution in [0.3, 0.4) is 0 Å². The van der Waals surface area contributed by atoms with Crippen LogP contribution in [0.15, 0.2) is 54.9 Å². The van der Waals surface area contributed by atoms with E-state index < -0.39 is 0 Å². The number of ether oxygens (including phenoxy) is 2. The Morgan fingerprint density at radius 1 is 0.786 bits per heavy atom. The number of hydrogen-bond acceptors (Lipinski definition) is 6. The van der Waals surface area contributed by atoms with E-state index in [9.17, 15) is 0 Å². The van der Waals surface area contributed by atoms with Crippen molar-refractivity contribution in [2.24, 2.45) is 0 Å². The number of anilines is 2. The molecule has 0 unspecified atom stereocenters. The van der Waals surface area contributed by atoms with Crippen molar-refractivity contribution < 1.29 is 9.47 Å². The fraction of sp³-hybridized carbons (Fsp3) is 0.273. The van der Waals surface area contributed by atoms with Crippen LogP contribution >= 0.6 is 0 Å². The molecule has 0 aliphatic carbocycles. The van der Waals surface area contributed by atoms with Gasteiger partial charge < -0.3 is 20.1 Å². The summed E-state index contributed by atoms with van der Waals surface area (Å²) in [6, 6.07) is 16.3. The van der Waals surface area contributed by atoms with E-state index in [1.54, 1.807) is 20.5 Å². The summed E-state index contributed by atoms with van der Waals surface area (Å²) in [6.07, 6.45) is 2.41. The van der Waals surface area contributed by atoms with Crippen LogP contribution in [0.2, 0.25) is 0 Å². The molecular weight excluding hydrogens is 352 g/mol. The molecule has 0 bridgehead atoms. The highest BCUT2D eigenvalue weighted by molar-refractivity contribution is 5.47. The van der Waals surface area contributed by atoms with Gasteiger partial charge in [0.2, 0.25) is 0 Å². The summed E-state index contributed by atoms with van der Waals surface area (Å²) in [7, 11) is 3.28. The maximum atomic E-state index is 5.35. The Hall–Kier alpha value is -3.28. The molecule has 0 amide bonds. The van der Waals surface area contributed by atoms with Gasteiger partial charge in [0.05, 0.1) is 14.2 Å². The lowest BCUT2D eigenvalue weighted by atomic mass is 10.1. The van der Waals surface area contributed by atoms with E-state index in [1.807, 2.05) is 24.3 Å². The molecule has 0 fully saturated rings. The highest BCUT2D eigenvalue weighted by Crippen LogP contribution is 2.27. The van der Waals surface area contributed by atoms with Crippen LogP contribution in [-0.4, -0.2) is 30.7 Å². The van der Waals surface area contributed by atoms with Gasteiger partial charge in [-0.25, -0.2) is 9.97 Å². The normalized spacial score (nSPS) is 10.4. The van der Waals surface area contributed by atoms with Gasteiger partial charge >= 0.3 is 0 Å². The molecule has 0 spiro atoms. The number of aryl methyl sites for hydroxylation is 1. The largest absolute Gasteiger partial charge is 0.493 e. The van der Waals surface area contributed by atoms with Crippen molar-refractivity contribution in [1.29, 1.82) is 0 Å². The van der Waals surface area contributed by atoms with Crippen LogP contribution in [0.4, 0.5) is 11.6 Å². The van der Waals surface area contributed by atoms with Crippen LogP contribution in [0, 0.1) is 6.92 Å². The summed E-state index contributed by atoms with van der Waals surface area (Å²) in [5, 5.41) is 6.68. The van der Waals surface area contributed by atoms with Crippen molar-refractivity contribution in [3.05, 3.63) is 71.5 Å². The number of methoxy groups -OCH3 is 2. The molecule has 3 aromatic rings. The predicted octanol–water partition coefficient (Wildman–Crippen LogP) is 4.07. The fourth-order valence-electron chi connectivity index (χ4n) is 2.82. The molecule has 6 nitrogen and oxygen atoms in total. The van der Waals surface area contributed by atoms with Gasteiger partial charge in [-0.05, 0) is 36.6 Å². The van der Waals surface area contributed by atoms with Crippen molar-refractivity contribution >= 4 is 11.6 Å². The van der Waals surface area contributed by atoms with Gasteiger partial charge in [-0.1, -0.05) is 35.9 Å². The van der Waals surface area contributed by atoms with Crippen LogP contribution in [-0.2, 0) is 13.0 Å². The van der Waals surface area contributed by atoms with Crippen LogP contribution in [0.5, 0.6) is 11.5 Å². The number of aromatic nitrogens is 2. The molecule has 0 saturated carbocycles. The molecule has 0 saturated heterocycles. The molecule has 0 aliphatic rings. The van der Waals surface area contributed by atoms with Gasteiger partial charge in [-0.3, -0.25) is 0 Å². The van der Waals surface area contributed by atoms with E-state index in [0.717, 1.165) is 48.2 Å². The molecule has 2 N–H and O–H groups in total. The standard InChI is InChI=1S/C22H26N4O2/c1-16-4-6-18(7-5-16)14-24-22-13-21(25-15-26-22)23-11-10-17-8-9-19(27-2)20(12-17)28-3/h4-9,12-13,15H,10-11,14H2,1-3H3,(H2,23,24,25,26). The van der Waals surface area contributed by atoms with Gasteiger partial charge in [-0.2, -0.15) is 0 Å². The maximum absolute atomic E-state index is 5.35. The van der Waals surface area contributed by atoms with Crippen LogP contribution in [0.25, 0.3) is 0 Å². The summed E-state index contributed by atoms with van der Waals surface area (Å²) >= 11 is 0. The van der Waals surface area contributed by atoms with Crippen LogP contribution < -0.4 is 20.1 Å². The Labute approximate surface area is 166 Å². The second-order valence-electron chi connectivity index (χ2n) is 6.49. The minimum atomic E-state index is 0.725. The van der Waals surface area contributed by atoms with E-state index in [0.29, 0.717) is 0 Å². The summed E-state index contributed by atoms with van der Waals surface area (Å²) in [6.45, 7) is 3.56. The first kappa shape index (κ1) is 19.5. The number of benzene rings is 2. The average Bonchev–Trinajstić information content (AvgIpc) is 2.73. The van der Waals surface area contributed by atoms with Gasteiger partial charge in [0, 0.05) is 19.2 Å². The Morgan fingerprint density at radius 3 is 2.18 bits per heavy atom. The first-order valence-electron chi connectivity index (χ1n) is 9.24. The minimum absolute atomic E-state index is 0.725. The third-order valence-corrected chi connectivity index (χ3v) is 4.43. The Bertz CT molecular complexity index is 897. The molecular formula is C22H26N4O2. The first-order chi connectivity index (χ1) is 13.7. The van der Waals surface area contributed by atoms with Gasteiger partial charge in [0.15, 0.2) is 11.5 Å². The van der Waals surface area contributed by atoms with E-state index in [-0.39, 0.29) is 0 Å². The summed E-state index contributed by atoms with van der Waals surface area (Å²) in [4.78, 5) is 8.58. The topological polar surface area (TPSA) is 68.3 Å². The van der Waals surface area contributed by atoms with Crippen LogP contribution in [0.1, 0.15) is 16.7 Å². The monoisotopic (exact) mass is 378 g/mol. The summed E-state index contributed by atoms with van der Waals surface area (Å²) < 4.78 is 10.6. The molecule has 0 atom stereocenters. The molecule has 1 heterocycles. The van der Waals surface area contributed by atoms with Gasteiger partial charge in [0.1, 0.15) is 18.0 Å². The first-order valence-corrected chi connectivity index (χ1v) is 9.24. The fourth-order valence-corrected chi connectivity index (χ4v) is 2.82. The Balaban J connectivity index is 1.52. The Kier molecular flexibility index (Phi) is 6.68. The van der Waals surface area contributed by atoms with Crippen molar-refractivity contribution in [2.75, 3.05) is 31.4 Å². The number of nitrogens with one attached hydrogen (secondary N) is 2. The number of nitrogens with zero attached hydrogens (tertiary/aromatic N) is 2. The molecule has 146 valence electrons. The molecule has 6 heteroatoms. The van der Waals surface area contributed by atoms with Crippen molar-refractivity contribution in [3.8, 4) is 11.5 Å². The lowest BCUT2D eigenvalue weighted by molar-refractivity contribution is 0.354. The minimum Gasteiger partial charge on any atom is -0.493 e. The predicted molar refractivity (Wildman–Crippen MR) is 112 cm³/mol. The SMILES string of the molecule is COc1ccc(CCNc2cc(NCc3ccc(C)cc3)ncn2)cc1OC. The molecule has 1 aromatic heterocycles. The number of rotatable bonds is 9. The van der Waals surface area contributed by atoms with E-state index in [1.165, 1.54) is 11.1 Å². The summed E-state index contributed by atoms with van der Waals surface area (Å²) in [5.41, 5.74) is 3.64. The van der Waals surface area contributed by atoms with E-state index in [4.69, 9.17) is 9.47 Å². The zero-order valence-corrected chi connectivity index (χ0v) is 16.5.